The number of H-pyrrole nitrogens is 1. The predicted octanol–water partition coefficient (Wildman–Crippen LogP) is 3.74. The lowest BCUT2D eigenvalue weighted by Crippen LogP contribution is -2.39. The van der Waals surface area contributed by atoms with Crippen LogP contribution in [0.3, 0.4) is 0 Å². The van der Waals surface area contributed by atoms with Crippen molar-refractivity contribution in [3.8, 4) is 11.3 Å². The molecule has 0 spiro atoms. The second-order valence-corrected chi connectivity index (χ2v) is 6.67. The van der Waals surface area contributed by atoms with Crippen LogP contribution in [0.25, 0.3) is 22.3 Å². The molecular formula is C18H20BrN3O2. The van der Waals surface area contributed by atoms with Crippen LogP contribution >= 0.6 is 15.9 Å². The van der Waals surface area contributed by atoms with Crippen molar-refractivity contribution in [1.82, 2.24) is 14.1 Å². The van der Waals surface area contributed by atoms with Gasteiger partial charge in [0.2, 0.25) is 0 Å². The molecule has 0 saturated heterocycles. The average molecular weight is 390 g/mol. The molecule has 126 valence electrons. The van der Waals surface area contributed by atoms with Gasteiger partial charge in [0.1, 0.15) is 5.52 Å². The third kappa shape index (κ3) is 2.75. The van der Waals surface area contributed by atoms with Crippen LogP contribution in [0.2, 0.25) is 0 Å². The van der Waals surface area contributed by atoms with Crippen LogP contribution in [0.15, 0.2) is 44.4 Å². The molecule has 24 heavy (non-hydrogen) atoms. The Hall–Kier alpha value is -2.08. The Morgan fingerprint density at radius 2 is 1.71 bits per heavy atom. The first-order valence-electron chi connectivity index (χ1n) is 8.19. The van der Waals surface area contributed by atoms with E-state index in [1.807, 2.05) is 44.2 Å². The second-order valence-electron chi connectivity index (χ2n) is 5.81. The third-order valence-electron chi connectivity index (χ3n) is 4.07. The highest BCUT2D eigenvalue weighted by molar-refractivity contribution is 9.10. The molecule has 0 atom stereocenters. The van der Waals surface area contributed by atoms with Gasteiger partial charge in [0.25, 0.3) is 5.56 Å². The molecular weight excluding hydrogens is 370 g/mol. The van der Waals surface area contributed by atoms with Crippen molar-refractivity contribution in [2.75, 3.05) is 0 Å². The molecule has 0 aliphatic carbocycles. The van der Waals surface area contributed by atoms with Crippen molar-refractivity contribution in [3.05, 3.63) is 55.6 Å². The number of nitrogens with one attached hydrogen (secondary N) is 1. The van der Waals surface area contributed by atoms with Crippen molar-refractivity contribution < 1.29 is 0 Å². The fraction of sp³-hybridized carbons (Fsp3) is 0.333. The molecule has 6 heteroatoms. The van der Waals surface area contributed by atoms with E-state index in [0.717, 1.165) is 28.6 Å². The molecule has 1 N–H and O–H groups in total. The zero-order valence-corrected chi connectivity index (χ0v) is 15.4. The number of aromatic nitrogens is 3. The van der Waals surface area contributed by atoms with Gasteiger partial charge in [0, 0.05) is 28.8 Å². The molecule has 2 heterocycles. The SMILES string of the molecule is CCCn1c(=O)c2[nH]c(-c3ccccc3Br)cc2n(CCC)c1=O. The van der Waals surface area contributed by atoms with Gasteiger partial charge >= 0.3 is 5.69 Å². The van der Waals surface area contributed by atoms with Gasteiger partial charge in [-0.05, 0) is 25.0 Å². The van der Waals surface area contributed by atoms with Gasteiger partial charge in [0.05, 0.1) is 5.52 Å². The molecule has 1 aromatic carbocycles. The Bertz CT molecular complexity index is 998. The molecule has 0 amide bonds. The summed E-state index contributed by atoms with van der Waals surface area (Å²) in [7, 11) is 0. The lowest BCUT2D eigenvalue weighted by atomic mass is 10.1. The predicted molar refractivity (Wildman–Crippen MR) is 101 cm³/mol. The summed E-state index contributed by atoms with van der Waals surface area (Å²) < 4.78 is 3.97. The summed E-state index contributed by atoms with van der Waals surface area (Å²) in [5, 5.41) is 0. The molecule has 0 saturated carbocycles. The van der Waals surface area contributed by atoms with Crippen LogP contribution < -0.4 is 11.2 Å². The zero-order valence-electron chi connectivity index (χ0n) is 13.8. The number of benzene rings is 1. The first-order chi connectivity index (χ1) is 11.6. The Balaban J connectivity index is 2.34. The fourth-order valence-corrected chi connectivity index (χ4v) is 3.47. The minimum Gasteiger partial charge on any atom is -0.349 e. The molecule has 5 nitrogen and oxygen atoms in total. The molecule has 3 rings (SSSR count). The maximum Gasteiger partial charge on any atom is 0.331 e. The summed E-state index contributed by atoms with van der Waals surface area (Å²) in [6.07, 6.45) is 1.57. The Morgan fingerprint density at radius 1 is 1.04 bits per heavy atom. The van der Waals surface area contributed by atoms with Crippen LogP contribution in [0.1, 0.15) is 26.7 Å². The fourth-order valence-electron chi connectivity index (χ4n) is 2.98. The highest BCUT2D eigenvalue weighted by atomic mass is 79.9. The first-order valence-corrected chi connectivity index (χ1v) is 8.99. The van der Waals surface area contributed by atoms with Gasteiger partial charge in [-0.2, -0.15) is 0 Å². The molecule has 3 aromatic rings. The maximum absolute atomic E-state index is 12.7. The van der Waals surface area contributed by atoms with Gasteiger partial charge in [0.15, 0.2) is 0 Å². The lowest BCUT2D eigenvalue weighted by Gasteiger charge is -2.10. The normalized spacial score (nSPS) is 11.3. The Labute approximate surface area is 148 Å². The number of hydrogen-bond donors (Lipinski definition) is 1. The standard InChI is InChI=1S/C18H20BrN3O2/c1-3-9-21-15-11-14(12-7-5-6-8-13(12)19)20-16(15)17(23)22(10-4-2)18(21)24/h5-8,11,20H,3-4,9-10H2,1-2H3. The van der Waals surface area contributed by atoms with Crippen LogP contribution in [0.5, 0.6) is 0 Å². The second kappa shape index (κ2) is 6.81. The molecule has 0 aliphatic rings. The molecule has 0 aliphatic heterocycles. The van der Waals surface area contributed by atoms with Crippen molar-refractivity contribution in [2.24, 2.45) is 0 Å². The quantitative estimate of drug-likeness (QED) is 0.722. The van der Waals surface area contributed by atoms with Gasteiger partial charge in [-0.1, -0.05) is 48.0 Å². The number of aromatic amines is 1. The smallest absolute Gasteiger partial charge is 0.331 e. The summed E-state index contributed by atoms with van der Waals surface area (Å²) in [6.45, 7) is 5.00. The maximum atomic E-state index is 12.7. The Kier molecular flexibility index (Phi) is 4.76. The van der Waals surface area contributed by atoms with Crippen molar-refractivity contribution in [3.63, 3.8) is 0 Å². The minimum absolute atomic E-state index is 0.228. The van der Waals surface area contributed by atoms with E-state index in [2.05, 4.69) is 20.9 Å². The van der Waals surface area contributed by atoms with Crippen LogP contribution in [0.4, 0.5) is 0 Å². The van der Waals surface area contributed by atoms with Gasteiger partial charge < -0.3 is 4.98 Å². The molecule has 2 aromatic heterocycles. The number of fused-ring (bicyclic) bond motifs is 1. The van der Waals surface area contributed by atoms with E-state index in [-0.39, 0.29) is 11.2 Å². The van der Waals surface area contributed by atoms with Crippen molar-refractivity contribution in [2.45, 2.75) is 39.8 Å². The number of nitrogens with zero attached hydrogens (tertiary/aromatic N) is 2. The largest absolute Gasteiger partial charge is 0.349 e. The van der Waals surface area contributed by atoms with Gasteiger partial charge in [-0.25, -0.2) is 4.79 Å². The summed E-state index contributed by atoms with van der Waals surface area (Å²) >= 11 is 3.54. The van der Waals surface area contributed by atoms with Crippen molar-refractivity contribution >= 4 is 27.0 Å². The third-order valence-corrected chi connectivity index (χ3v) is 4.76. The summed E-state index contributed by atoms with van der Waals surface area (Å²) in [5.74, 6) is 0. The van der Waals surface area contributed by atoms with E-state index in [0.29, 0.717) is 24.1 Å². The van der Waals surface area contributed by atoms with Gasteiger partial charge in [-0.3, -0.25) is 13.9 Å². The van der Waals surface area contributed by atoms with E-state index in [9.17, 15) is 9.59 Å². The molecule has 0 unspecified atom stereocenters. The topological polar surface area (TPSA) is 59.8 Å². The van der Waals surface area contributed by atoms with Crippen LogP contribution in [-0.2, 0) is 13.1 Å². The van der Waals surface area contributed by atoms with Crippen LogP contribution in [-0.4, -0.2) is 14.1 Å². The van der Waals surface area contributed by atoms with E-state index in [1.54, 1.807) is 4.57 Å². The minimum atomic E-state index is -0.248. The number of aryl methyl sites for hydroxylation is 1. The van der Waals surface area contributed by atoms with Gasteiger partial charge in [-0.15, -0.1) is 0 Å². The summed E-state index contributed by atoms with van der Waals surface area (Å²) in [5.41, 5.74) is 2.47. The molecule has 0 radical (unpaired) electrons. The highest BCUT2D eigenvalue weighted by Crippen LogP contribution is 2.28. The first kappa shape index (κ1) is 16.8. The molecule has 0 fully saturated rings. The van der Waals surface area contributed by atoms with E-state index in [4.69, 9.17) is 0 Å². The summed E-state index contributed by atoms with van der Waals surface area (Å²) in [4.78, 5) is 28.7. The Morgan fingerprint density at radius 3 is 2.38 bits per heavy atom. The van der Waals surface area contributed by atoms with Crippen molar-refractivity contribution in [1.29, 1.82) is 0 Å². The number of hydrogen-bond acceptors (Lipinski definition) is 2. The van der Waals surface area contributed by atoms with E-state index in [1.165, 1.54) is 4.57 Å². The highest BCUT2D eigenvalue weighted by Gasteiger charge is 2.16. The van der Waals surface area contributed by atoms with E-state index >= 15 is 0 Å². The van der Waals surface area contributed by atoms with E-state index < -0.39 is 0 Å². The molecule has 0 bridgehead atoms. The zero-order chi connectivity index (χ0) is 17.3. The lowest BCUT2D eigenvalue weighted by molar-refractivity contribution is 0.558. The van der Waals surface area contributed by atoms with Crippen LogP contribution in [0, 0.1) is 0 Å². The number of halogens is 1. The average Bonchev–Trinajstić information content (AvgIpc) is 3.01. The summed E-state index contributed by atoms with van der Waals surface area (Å²) in [6, 6.07) is 9.71. The number of rotatable bonds is 5. The monoisotopic (exact) mass is 389 g/mol.